The summed E-state index contributed by atoms with van der Waals surface area (Å²) >= 11 is 8.99. The van der Waals surface area contributed by atoms with Crippen LogP contribution in [0.3, 0.4) is 0 Å². The lowest BCUT2D eigenvalue weighted by atomic mass is 10.3. The molecule has 1 aliphatic heterocycles. The van der Waals surface area contributed by atoms with Crippen LogP contribution in [0.4, 0.5) is 22.7 Å². The summed E-state index contributed by atoms with van der Waals surface area (Å²) in [6.07, 6.45) is 2.69. The second kappa shape index (κ2) is 9.62. The second-order valence-electron chi connectivity index (χ2n) is 4.71. The number of nitrogens with one attached hydrogen (secondary N) is 2. The molecule has 1 aliphatic rings. The molecule has 3 rings (SSSR count). The van der Waals surface area contributed by atoms with Crippen molar-refractivity contribution in [3.8, 4) is 0 Å². The zero-order chi connectivity index (χ0) is 18.5. The molecule has 26 heavy (non-hydrogen) atoms. The molecule has 0 saturated heterocycles. The van der Waals surface area contributed by atoms with E-state index < -0.39 is 0 Å². The number of rotatable bonds is 0. The van der Waals surface area contributed by atoms with Crippen molar-refractivity contribution in [3.05, 3.63) is 38.5 Å². The highest BCUT2D eigenvalue weighted by atomic mass is 127. The number of azo groups is 2. The van der Waals surface area contributed by atoms with Gasteiger partial charge in [-0.15, -0.1) is 20.5 Å². The Balaban J connectivity index is 1.98. The average Bonchev–Trinajstić information content (AvgIpc) is 2.61. The number of fused-ring (bicyclic) bond motifs is 2. The molecular weight excluding hydrogens is 788 g/mol. The van der Waals surface area contributed by atoms with E-state index in [1.807, 2.05) is 24.3 Å². The van der Waals surface area contributed by atoms with Gasteiger partial charge in [0.1, 0.15) is 11.4 Å². The first-order valence-corrected chi connectivity index (χ1v) is 11.2. The average molecular weight is 796 g/mol. The van der Waals surface area contributed by atoms with Gasteiger partial charge in [-0.05, 0) is 115 Å². The summed E-state index contributed by atoms with van der Waals surface area (Å²) in [4.78, 5) is 0. The normalized spacial score (nSPS) is 15.8. The monoisotopic (exact) mass is 796 g/mol. The van der Waals surface area contributed by atoms with Gasteiger partial charge in [0, 0.05) is 14.3 Å². The number of hydrogen-bond acceptors (Lipinski definition) is 8. The zero-order valence-corrected chi connectivity index (χ0v) is 21.3. The predicted octanol–water partition coefficient (Wildman–Crippen LogP) is 6.70. The summed E-state index contributed by atoms with van der Waals surface area (Å²) in [6.45, 7) is 0. The molecule has 0 aliphatic carbocycles. The van der Waals surface area contributed by atoms with E-state index in [2.05, 4.69) is 132 Å². The Bertz CT molecular complexity index is 877. The van der Waals surface area contributed by atoms with E-state index in [-0.39, 0.29) is 0 Å². The zero-order valence-electron chi connectivity index (χ0n) is 12.7. The van der Waals surface area contributed by atoms with Crippen LogP contribution in [0.25, 0.3) is 0 Å². The molecule has 2 N–H and O–H groups in total. The van der Waals surface area contributed by atoms with Gasteiger partial charge in [0.2, 0.25) is 0 Å². The van der Waals surface area contributed by atoms with Crippen molar-refractivity contribution in [3.63, 3.8) is 0 Å². The van der Waals surface area contributed by atoms with Crippen LogP contribution in [0.5, 0.6) is 0 Å². The van der Waals surface area contributed by atoms with Crippen LogP contribution in [-0.4, -0.2) is 12.7 Å². The van der Waals surface area contributed by atoms with Crippen LogP contribution in [0.2, 0.25) is 0 Å². The molecule has 2 aromatic carbocycles. The highest BCUT2D eigenvalue weighted by molar-refractivity contribution is 14.1. The van der Waals surface area contributed by atoms with Crippen LogP contribution in [0.1, 0.15) is 0 Å². The van der Waals surface area contributed by atoms with Crippen LogP contribution >= 0.6 is 90.4 Å². The van der Waals surface area contributed by atoms with Crippen molar-refractivity contribution in [2.75, 3.05) is 10.9 Å². The van der Waals surface area contributed by atoms with Crippen molar-refractivity contribution in [2.45, 2.75) is 0 Å². The third-order valence-corrected chi connectivity index (χ3v) is 8.63. The Labute approximate surface area is 203 Å². The van der Waals surface area contributed by atoms with Crippen LogP contribution in [0, 0.1) is 14.3 Å². The Morgan fingerprint density at radius 3 is 1.38 bits per heavy atom. The van der Waals surface area contributed by atoms with E-state index in [0.29, 0.717) is 22.7 Å². The van der Waals surface area contributed by atoms with Crippen molar-refractivity contribution >= 4 is 126 Å². The van der Waals surface area contributed by atoms with Gasteiger partial charge in [0.15, 0.2) is 12.7 Å². The molecule has 0 saturated carbocycles. The van der Waals surface area contributed by atoms with Gasteiger partial charge in [-0.1, -0.05) is 0 Å². The lowest BCUT2D eigenvalue weighted by Gasteiger charge is -2.07. The number of benzene rings is 2. The number of hydrogen-bond donors (Lipinski definition) is 2. The summed E-state index contributed by atoms with van der Waals surface area (Å²) in [5.41, 5.74) is 8.57. The van der Waals surface area contributed by atoms with Gasteiger partial charge in [-0.3, -0.25) is 10.9 Å². The maximum absolute atomic E-state index is 4.20. The van der Waals surface area contributed by atoms with E-state index >= 15 is 0 Å². The lowest BCUT2D eigenvalue weighted by Crippen LogP contribution is -1.93. The molecule has 8 nitrogen and oxygen atoms in total. The first-order valence-electron chi connectivity index (χ1n) is 6.89. The molecule has 0 bridgehead atoms. The summed E-state index contributed by atoms with van der Waals surface area (Å²) in [7, 11) is 0. The van der Waals surface area contributed by atoms with Gasteiger partial charge in [0.05, 0.1) is 11.4 Å². The summed E-state index contributed by atoms with van der Waals surface area (Å²) in [5, 5.41) is 24.6. The predicted molar refractivity (Wildman–Crippen MR) is 137 cm³/mol. The van der Waals surface area contributed by atoms with E-state index in [1.165, 1.54) is 12.7 Å². The minimum Gasteiger partial charge on any atom is -0.275 e. The molecular formula is C14H8I4N8. The Kier molecular flexibility index (Phi) is 7.49. The molecule has 0 fully saturated rings. The molecule has 0 spiro atoms. The van der Waals surface area contributed by atoms with Gasteiger partial charge in [-0.2, -0.15) is 10.2 Å². The Morgan fingerprint density at radius 2 is 0.962 bits per heavy atom. The fourth-order valence-electron chi connectivity index (χ4n) is 1.84. The third kappa shape index (κ3) is 5.27. The fraction of sp³-hybridized carbons (Fsp3) is 0. The highest BCUT2D eigenvalue weighted by Crippen LogP contribution is 2.32. The van der Waals surface area contributed by atoms with Gasteiger partial charge < -0.3 is 0 Å². The van der Waals surface area contributed by atoms with Crippen LogP contribution < -0.4 is 10.9 Å². The largest absolute Gasteiger partial charge is 0.275 e. The number of anilines is 2. The SMILES string of the molecule is Ic1cc2c(cc1I)N/N=C\N=Nc1cc(I)c(I)cc1N/N=C\N=N2. The molecule has 132 valence electrons. The van der Waals surface area contributed by atoms with Crippen LogP contribution in [-0.2, 0) is 0 Å². The molecule has 2 aromatic rings. The highest BCUT2D eigenvalue weighted by Gasteiger charge is 2.07. The minimum atomic E-state index is 0.650. The molecule has 0 amide bonds. The topological polar surface area (TPSA) is 98.2 Å². The Hall–Kier alpha value is -0.500. The van der Waals surface area contributed by atoms with E-state index in [0.717, 1.165) is 14.3 Å². The minimum absolute atomic E-state index is 0.650. The standard InChI is InChI=1S/C14H8I4N8/c15-7-1-11-12(2-8(7)16)24-20-6-22-26-14-4-10(18)9(17)3-13(14)25-21-5-19-23-11/h1-6,23,26H/b19-5-,22-6-,24-20?,25-21?. The van der Waals surface area contributed by atoms with Gasteiger partial charge in [-0.25, -0.2) is 0 Å². The fourth-order valence-corrected chi connectivity index (χ4v) is 3.68. The second-order valence-corrected chi connectivity index (χ2v) is 9.36. The lowest BCUT2D eigenvalue weighted by molar-refractivity contribution is 1.21. The summed E-state index contributed by atoms with van der Waals surface area (Å²) < 4.78 is 4.30. The maximum atomic E-state index is 4.20. The third-order valence-electron chi connectivity index (χ3n) is 3.00. The van der Waals surface area contributed by atoms with E-state index in [9.17, 15) is 0 Å². The van der Waals surface area contributed by atoms with Gasteiger partial charge >= 0.3 is 0 Å². The maximum Gasteiger partial charge on any atom is 0.158 e. The van der Waals surface area contributed by atoms with Crippen molar-refractivity contribution in [2.24, 2.45) is 30.7 Å². The number of nitrogens with zero attached hydrogens (tertiary/aromatic N) is 6. The van der Waals surface area contributed by atoms with Crippen molar-refractivity contribution in [1.29, 1.82) is 0 Å². The van der Waals surface area contributed by atoms with Crippen molar-refractivity contribution in [1.82, 2.24) is 0 Å². The van der Waals surface area contributed by atoms with E-state index in [4.69, 9.17) is 0 Å². The molecule has 0 aromatic heterocycles. The Morgan fingerprint density at radius 1 is 0.577 bits per heavy atom. The van der Waals surface area contributed by atoms with Crippen LogP contribution in [0.15, 0.2) is 54.9 Å². The first kappa shape index (κ1) is 20.2. The van der Waals surface area contributed by atoms with Crippen molar-refractivity contribution < 1.29 is 0 Å². The first-order chi connectivity index (χ1) is 12.5. The molecule has 0 atom stereocenters. The summed E-state index contributed by atoms with van der Waals surface area (Å²) in [6, 6.07) is 7.70. The summed E-state index contributed by atoms with van der Waals surface area (Å²) in [5.74, 6) is 0. The van der Waals surface area contributed by atoms with E-state index in [1.54, 1.807) is 0 Å². The van der Waals surface area contributed by atoms with Gasteiger partial charge in [0.25, 0.3) is 0 Å². The smallest absolute Gasteiger partial charge is 0.158 e. The molecule has 1 heterocycles. The number of hydrazone groups is 2. The molecule has 12 heteroatoms. The molecule has 0 unspecified atom stereocenters. The number of halogens is 4. The quantitative estimate of drug-likeness (QED) is 0.291. The molecule has 0 radical (unpaired) electrons.